The van der Waals surface area contributed by atoms with E-state index < -0.39 is 15.3 Å². The number of aromatic nitrogens is 2. The molecule has 1 aromatic heterocycles. The van der Waals surface area contributed by atoms with Gasteiger partial charge in [0, 0.05) is 12.7 Å². The predicted octanol–water partition coefficient (Wildman–Crippen LogP) is -0.496. The van der Waals surface area contributed by atoms with Crippen molar-refractivity contribution < 1.29 is 8.42 Å². The van der Waals surface area contributed by atoms with Crippen molar-refractivity contribution in [3.63, 3.8) is 0 Å². The Hall–Kier alpha value is -1.05. The summed E-state index contributed by atoms with van der Waals surface area (Å²) in [5, 5.41) is 2.35. The van der Waals surface area contributed by atoms with Gasteiger partial charge >= 0.3 is 0 Å². The van der Waals surface area contributed by atoms with Crippen LogP contribution in [0.1, 0.15) is 12.6 Å². The van der Waals surface area contributed by atoms with E-state index in [1.54, 1.807) is 26.2 Å². The van der Waals surface area contributed by atoms with Crippen LogP contribution in [-0.2, 0) is 16.6 Å². The van der Waals surface area contributed by atoms with Crippen molar-refractivity contribution in [2.24, 2.45) is 0 Å². The fourth-order valence-electron chi connectivity index (χ4n) is 1.14. The van der Waals surface area contributed by atoms with Gasteiger partial charge in [-0.1, -0.05) is 0 Å². The molecule has 1 unspecified atom stereocenters. The van der Waals surface area contributed by atoms with E-state index in [1.807, 2.05) is 0 Å². The molecule has 1 rings (SSSR count). The van der Waals surface area contributed by atoms with Gasteiger partial charge in [-0.25, -0.2) is 23.1 Å². The Morgan fingerprint density at radius 3 is 2.81 bits per heavy atom. The zero-order chi connectivity index (χ0) is 12.0. The van der Waals surface area contributed by atoms with Crippen molar-refractivity contribution in [1.29, 1.82) is 0 Å². The standard InChI is InChI=1S/C9H16N4O2S/c1-8(5-10-2)16(14,15)13-6-9-3-4-11-7-12-9/h3-4,7-8,10,13H,5-6H2,1-2H3. The van der Waals surface area contributed by atoms with Gasteiger partial charge in [-0.05, 0) is 20.0 Å². The number of nitrogens with one attached hydrogen (secondary N) is 2. The molecule has 0 spiro atoms. The molecule has 1 aromatic rings. The van der Waals surface area contributed by atoms with Crippen molar-refractivity contribution in [2.45, 2.75) is 18.7 Å². The average molecular weight is 244 g/mol. The van der Waals surface area contributed by atoms with Crippen LogP contribution in [0.25, 0.3) is 0 Å². The lowest BCUT2D eigenvalue weighted by atomic mass is 10.4. The Balaban J connectivity index is 2.55. The molecule has 0 fully saturated rings. The number of nitrogens with zero attached hydrogens (tertiary/aromatic N) is 2. The zero-order valence-electron chi connectivity index (χ0n) is 9.34. The molecule has 0 aliphatic carbocycles. The molecule has 1 heterocycles. The third kappa shape index (κ3) is 3.84. The van der Waals surface area contributed by atoms with E-state index in [0.29, 0.717) is 12.2 Å². The Labute approximate surface area is 95.6 Å². The highest BCUT2D eigenvalue weighted by molar-refractivity contribution is 7.90. The van der Waals surface area contributed by atoms with Gasteiger partial charge in [0.05, 0.1) is 17.5 Å². The molecular weight excluding hydrogens is 228 g/mol. The third-order valence-corrected chi connectivity index (χ3v) is 3.89. The summed E-state index contributed by atoms with van der Waals surface area (Å²) in [4.78, 5) is 7.69. The summed E-state index contributed by atoms with van der Waals surface area (Å²) in [6.07, 6.45) is 2.97. The van der Waals surface area contributed by atoms with Crippen LogP contribution in [-0.4, -0.2) is 37.2 Å². The minimum absolute atomic E-state index is 0.193. The molecule has 16 heavy (non-hydrogen) atoms. The highest BCUT2D eigenvalue weighted by Gasteiger charge is 2.19. The van der Waals surface area contributed by atoms with Crippen LogP contribution >= 0.6 is 0 Å². The van der Waals surface area contributed by atoms with Gasteiger partial charge in [-0.15, -0.1) is 0 Å². The van der Waals surface area contributed by atoms with E-state index in [0.717, 1.165) is 0 Å². The third-order valence-electron chi connectivity index (χ3n) is 2.12. The summed E-state index contributed by atoms with van der Waals surface area (Å²) in [5.74, 6) is 0. The normalized spacial score (nSPS) is 13.6. The maximum Gasteiger partial charge on any atom is 0.215 e. The smallest absolute Gasteiger partial charge is 0.215 e. The number of sulfonamides is 1. The zero-order valence-corrected chi connectivity index (χ0v) is 10.2. The SMILES string of the molecule is CNCC(C)S(=O)(=O)NCc1ccncn1. The first kappa shape index (κ1) is 13.0. The van der Waals surface area contributed by atoms with Crippen LogP contribution in [0.4, 0.5) is 0 Å². The fourth-order valence-corrected chi connectivity index (χ4v) is 2.16. The summed E-state index contributed by atoms with van der Waals surface area (Å²) in [6, 6.07) is 1.67. The van der Waals surface area contributed by atoms with Gasteiger partial charge in [0.1, 0.15) is 6.33 Å². The Bertz CT molecular complexity index is 407. The molecule has 0 saturated carbocycles. The first-order valence-electron chi connectivity index (χ1n) is 4.94. The van der Waals surface area contributed by atoms with Crippen LogP contribution in [0.2, 0.25) is 0 Å². The molecule has 0 aliphatic rings. The second-order valence-corrected chi connectivity index (χ2v) is 5.62. The maximum absolute atomic E-state index is 11.7. The van der Waals surface area contributed by atoms with Crippen molar-refractivity contribution in [2.75, 3.05) is 13.6 Å². The highest BCUT2D eigenvalue weighted by Crippen LogP contribution is 1.99. The van der Waals surface area contributed by atoms with Gasteiger partial charge in [-0.2, -0.15) is 0 Å². The fraction of sp³-hybridized carbons (Fsp3) is 0.556. The lowest BCUT2D eigenvalue weighted by molar-refractivity contribution is 0.562. The second-order valence-electron chi connectivity index (χ2n) is 3.44. The molecule has 0 saturated heterocycles. The van der Waals surface area contributed by atoms with Crippen molar-refractivity contribution in [1.82, 2.24) is 20.0 Å². The molecule has 1 atom stereocenters. The van der Waals surface area contributed by atoms with E-state index in [2.05, 4.69) is 20.0 Å². The number of hydrogen-bond acceptors (Lipinski definition) is 5. The first-order chi connectivity index (χ1) is 7.56. The lowest BCUT2D eigenvalue weighted by Gasteiger charge is -2.12. The van der Waals surface area contributed by atoms with Crippen molar-refractivity contribution in [3.8, 4) is 0 Å². The molecule has 90 valence electrons. The summed E-state index contributed by atoms with van der Waals surface area (Å²) >= 11 is 0. The minimum atomic E-state index is -3.29. The van der Waals surface area contributed by atoms with Gasteiger partial charge in [0.2, 0.25) is 10.0 Å². The van der Waals surface area contributed by atoms with Crippen LogP contribution in [0.5, 0.6) is 0 Å². The molecule has 0 amide bonds. The van der Waals surface area contributed by atoms with Crippen LogP contribution < -0.4 is 10.0 Å². The van der Waals surface area contributed by atoms with E-state index in [-0.39, 0.29) is 6.54 Å². The monoisotopic (exact) mass is 244 g/mol. The van der Waals surface area contributed by atoms with Crippen LogP contribution in [0, 0.1) is 0 Å². The van der Waals surface area contributed by atoms with Crippen molar-refractivity contribution >= 4 is 10.0 Å². The van der Waals surface area contributed by atoms with Gasteiger partial charge < -0.3 is 5.32 Å². The summed E-state index contributed by atoms with van der Waals surface area (Å²) in [7, 11) is -1.57. The number of rotatable bonds is 6. The Morgan fingerprint density at radius 2 is 2.25 bits per heavy atom. The molecular formula is C9H16N4O2S. The first-order valence-corrected chi connectivity index (χ1v) is 6.49. The molecule has 0 aromatic carbocycles. The molecule has 0 bridgehead atoms. The Kier molecular flexibility index (Phi) is 4.78. The summed E-state index contributed by atoms with van der Waals surface area (Å²) in [5.41, 5.74) is 0.648. The van der Waals surface area contributed by atoms with Crippen LogP contribution in [0.3, 0.4) is 0 Å². The lowest BCUT2D eigenvalue weighted by Crippen LogP contribution is -2.37. The maximum atomic E-state index is 11.7. The molecule has 6 nitrogen and oxygen atoms in total. The topological polar surface area (TPSA) is 84.0 Å². The average Bonchev–Trinajstić information content (AvgIpc) is 2.28. The van der Waals surface area contributed by atoms with Gasteiger partial charge in [-0.3, -0.25) is 0 Å². The predicted molar refractivity (Wildman–Crippen MR) is 61.2 cm³/mol. The minimum Gasteiger partial charge on any atom is -0.318 e. The molecule has 7 heteroatoms. The van der Waals surface area contributed by atoms with Crippen LogP contribution in [0.15, 0.2) is 18.6 Å². The summed E-state index contributed by atoms with van der Waals surface area (Å²) < 4.78 is 25.9. The van der Waals surface area contributed by atoms with Crippen molar-refractivity contribution in [3.05, 3.63) is 24.3 Å². The second kappa shape index (κ2) is 5.88. The van der Waals surface area contributed by atoms with E-state index in [9.17, 15) is 8.42 Å². The number of hydrogen-bond donors (Lipinski definition) is 2. The van der Waals surface area contributed by atoms with E-state index in [1.165, 1.54) is 6.33 Å². The van der Waals surface area contributed by atoms with E-state index in [4.69, 9.17) is 0 Å². The largest absolute Gasteiger partial charge is 0.318 e. The quantitative estimate of drug-likeness (QED) is 0.705. The highest BCUT2D eigenvalue weighted by atomic mass is 32.2. The molecule has 0 radical (unpaired) electrons. The van der Waals surface area contributed by atoms with Gasteiger partial charge in [0.15, 0.2) is 0 Å². The molecule has 0 aliphatic heterocycles. The Morgan fingerprint density at radius 1 is 1.50 bits per heavy atom. The van der Waals surface area contributed by atoms with Gasteiger partial charge in [0.25, 0.3) is 0 Å². The summed E-state index contributed by atoms with van der Waals surface area (Å²) in [6.45, 7) is 2.26. The molecule has 2 N–H and O–H groups in total. The van der Waals surface area contributed by atoms with E-state index >= 15 is 0 Å².